The Hall–Kier alpha value is 0.270. The Morgan fingerprint density at radius 2 is 2.09 bits per heavy atom. The Morgan fingerprint density at radius 3 is 2.27 bits per heavy atom. The SMILES string of the molecule is CC(C)C1CCNC1.COS. The van der Waals surface area contributed by atoms with Crippen molar-refractivity contribution >= 4 is 12.9 Å². The van der Waals surface area contributed by atoms with Crippen LogP contribution in [-0.2, 0) is 4.18 Å². The molecule has 1 heterocycles. The van der Waals surface area contributed by atoms with Gasteiger partial charge in [0.05, 0.1) is 0 Å². The molecule has 1 fully saturated rings. The van der Waals surface area contributed by atoms with Crippen molar-refractivity contribution in [2.75, 3.05) is 20.2 Å². The second-order valence-corrected chi connectivity index (χ2v) is 3.54. The molecule has 0 aromatic carbocycles. The Balaban J connectivity index is 0.000000292. The minimum Gasteiger partial charge on any atom is -0.322 e. The summed E-state index contributed by atoms with van der Waals surface area (Å²) < 4.78 is 3.94. The Morgan fingerprint density at radius 1 is 1.55 bits per heavy atom. The van der Waals surface area contributed by atoms with Crippen molar-refractivity contribution in [1.82, 2.24) is 5.32 Å². The van der Waals surface area contributed by atoms with Gasteiger partial charge in [0.2, 0.25) is 0 Å². The number of rotatable bonds is 1. The van der Waals surface area contributed by atoms with Crippen molar-refractivity contribution in [3.05, 3.63) is 0 Å². The van der Waals surface area contributed by atoms with E-state index in [0.29, 0.717) is 0 Å². The summed E-state index contributed by atoms with van der Waals surface area (Å²) in [6, 6.07) is 0. The van der Waals surface area contributed by atoms with Gasteiger partial charge in [-0.25, -0.2) is 0 Å². The normalized spacial score (nSPS) is 23.2. The van der Waals surface area contributed by atoms with Crippen LogP contribution in [0.25, 0.3) is 0 Å². The minimum atomic E-state index is 0.880. The van der Waals surface area contributed by atoms with Crippen molar-refractivity contribution in [3.63, 3.8) is 0 Å². The van der Waals surface area contributed by atoms with E-state index in [2.05, 4.69) is 36.3 Å². The largest absolute Gasteiger partial charge is 0.322 e. The maximum atomic E-state index is 3.94. The van der Waals surface area contributed by atoms with Crippen molar-refractivity contribution < 1.29 is 4.18 Å². The second-order valence-electron chi connectivity index (χ2n) is 3.18. The monoisotopic (exact) mass is 177 g/mol. The maximum Gasteiger partial charge on any atom is 0.0500 e. The van der Waals surface area contributed by atoms with Gasteiger partial charge >= 0.3 is 0 Å². The first-order valence-electron chi connectivity index (χ1n) is 4.10. The van der Waals surface area contributed by atoms with E-state index in [1.54, 1.807) is 0 Å². The lowest BCUT2D eigenvalue weighted by atomic mass is 9.96. The van der Waals surface area contributed by atoms with Gasteiger partial charge in [0.15, 0.2) is 0 Å². The van der Waals surface area contributed by atoms with Gasteiger partial charge in [0, 0.05) is 7.11 Å². The summed E-state index contributed by atoms with van der Waals surface area (Å²) in [6.45, 7) is 7.09. The van der Waals surface area contributed by atoms with Gasteiger partial charge in [-0.2, -0.15) is 0 Å². The van der Waals surface area contributed by atoms with E-state index in [9.17, 15) is 0 Å². The summed E-state index contributed by atoms with van der Waals surface area (Å²) in [5, 5.41) is 3.35. The Labute approximate surface area is 75.3 Å². The van der Waals surface area contributed by atoms with Crippen molar-refractivity contribution in [1.29, 1.82) is 0 Å². The van der Waals surface area contributed by atoms with E-state index >= 15 is 0 Å². The fourth-order valence-electron chi connectivity index (χ4n) is 1.25. The lowest BCUT2D eigenvalue weighted by Crippen LogP contribution is -2.12. The lowest BCUT2D eigenvalue weighted by molar-refractivity contribution is 0.419. The van der Waals surface area contributed by atoms with Crippen molar-refractivity contribution in [2.45, 2.75) is 20.3 Å². The highest BCUT2D eigenvalue weighted by atomic mass is 32.1. The van der Waals surface area contributed by atoms with E-state index < -0.39 is 0 Å². The van der Waals surface area contributed by atoms with E-state index in [-0.39, 0.29) is 0 Å². The summed E-state index contributed by atoms with van der Waals surface area (Å²) in [6.07, 6.45) is 1.39. The molecule has 1 saturated heterocycles. The molecule has 1 unspecified atom stereocenters. The molecule has 0 bridgehead atoms. The molecule has 0 aromatic rings. The lowest BCUT2D eigenvalue weighted by Gasteiger charge is -2.10. The van der Waals surface area contributed by atoms with Gasteiger partial charge in [-0.15, -0.1) is 0 Å². The third kappa shape index (κ3) is 5.53. The van der Waals surface area contributed by atoms with Crippen LogP contribution in [0.3, 0.4) is 0 Å². The molecule has 1 aliphatic heterocycles. The zero-order valence-corrected chi connectivity index (χ0v) is 8.53. The molecule has 11 heavy (non-hydrogen) atoms. The van der Waals surface area contributed by atoms with E-state index in [1.807, 2.05) is 0 Å². The smallest absolute Gasteiger partial charge is 0.0500 e. The molecule has 0 saturated carbocycles. The molecule has 2 nitrogen and oxygen atoms in total. The summed E-state index contributed by atoms with van der Waals surface area (Å²) in [4.78, 5) is 0. The van der Waals surface area contributed by atoms with Gasteiger partial charge in [-0.1, -0.05) is 13.8 Å². The Bertz CT molecular complexity index is 82.2. The molecule has 3 heteroatoms. The highest BCUT2D eigenvalue weighted by molar-refractivity contribution is 7.75. The van der Waals surface area contributed by atoms with Gasteiger partial charge in [0.1, 0.15) is 0 Å². The molecular weight excluding hydrogens is 158 g/mol. The van der Waals surface area contributed by atoms with Gasteiger partial charge < -0.3 is 9.50 Å². The number of nitrogens with one attached hydrogen (secondary N) is 1. The third-order valence-electron chi connectivity index (χ3n) is 2.04. The van der Waals surface area contributed by atoms with Crippen LogP contribution in [0.5, 0.6) is 0 Å². The first-order valence-corrected chi connectivity index (χ1v) is 4.47. The molecule has 0 spiro atoms. The molecule has 1 N–H and O–H groups in total. The van der Waals surface area contributed by atoms with Crippen LogP contribution in [0.4, 0.5) is 0 Å². The number of thiol groups is 1. The molecule has 0 radical (unpaired) electrons. The fourth-order valence-corrected chi connectivity index (χ4v) is 1.25. The van der Waals surface area contributed by atoms with Crippen LogP contribution in [0.15, 0.2) is 0 Å². The quantitative estimate of drug-likeness (QED) is 0.470. The van der Waals surface area contributed by atoms with Crippen LogP contribution < -0.4 is 5.32 Å². The van der Waals surface area contributed by atoms with Crippen molar-refractivity contribution in [3.8, 4) is 0 Å². The van der Waals surface area contributed by atoms with E-state index in [0.717, 1.165) is 11.8 Å². The molecule has 0 amide bonds. The highest BCUT2D eigenvalue weighted by Crippen LogP contribution is 2.16. The summed E-state index contributed by atoms with van der Waals surface area (Å²) in [5.74, 6) is 1.83. The molecular formula is C8H19NOS. The van der Waals surface area contributed by atoms with Crippen LogP contribution in [0, 0.1) is 11.8 Å². The summed E-state index contributed by atoms with van der Waals surface area (Å²) in [5.41, 5.74) is 0. The minimum absolute atomic E-state index is 0.880. The molecule has 1 rings (SSSR count). The average Bonchev–Trinajstić information content (AvgIpc) is 2.38. The molecule has 0 aromatic heterocycles. The first kappa shape index (κ1) is 11.3. The summed E-state index contributed by atoms with van der Waals surface area (Å²) in [7, 11) is 1.49. The van der Waals surface area contributed by atoms with Crippen LogP contribution in [0.1, 0.15) is 20.3 Å². The molecule has 1 atom stereocenters. The van der Waals surface area contributed by atoms with Crippen LogP contribution in [0.2, 0.25) is 0 Å². The maximum absolute atomic E-state index is 3.94. The van der Waals surface area contributed by atoms with Gasteiger partial charge in [-0.05, 0) is 44.3 Å². The van der Waals surface area contributed by atoms with Gasteiger partial charge in [-0.3, -0.25) is 0 Å². The fraction of sp³-hybridized carbons (Fsp3) is 1.00. The van der Waals surface area contributed by atoms with Crippen molar-refractivity contribution in [2.24, 2.45) is 11.8 Å². The standard InChI is InChI=1S/C7H15N.CH4OS/c1-6(2)7-3-4-8-5-7;1-2-3/h6-8H,3-5H2,1-2H3;3H,1H3. The number of hydrogen-bond acceptors (Lipinski definition) is 3. The zero-order valence-electron chi connectivity index (χ0n) is 7.63. The zero-order chi connectivity index (χ0) is 8.69. The van der Waals surface area contributed by atoms with Crippen LogP contribution in [-0.4, -0.2) is 20.2 Å². The molecule has 0 aliphatic carbocycles. The Kier molecular flexibility index (Phi) is 7.12. The van der Waals surface area contributed by atoms with Gasteiger partial charge in [0.25, 0.3) is 0 Å². The predicted molar refractivity (Wildman–Crippen MR) is 51.8 cm³/mol. The summed E-state index contributed by atoms with van der Waals surface area (Å²) >= 11 is 3.29. The highest BCUT2D eigenvalue weighted by Gasteiger charge is 2.16. The topological polar surface area (TPSA) is 21.3 Å². The van der Waals surface area contributed by atoms with Crippen LogP contribution >= 0.6 is 12.9 Å². The number of hydrogen-bond donors (Lipinski definition) is 2. The average molecular weight is 177 g/mol. The third-order valence-corrected chi connectivity index (χ3v) is 2.04. The van der Waals surface area contributed by atoms with E-state index in [4.69, 9.17) is 0 Å². The first-order chi connectivity index (χ1) is 5.22. The second kappa shape index (κ2) is 6.95. The predicted octanol–water partition coefficient (Wildman–Crippen LogP) is 1.73. The molecule has 1 aliphatic rings. The van der Waals surface area contributed by atoms with E-state index in [1.165, 1.54) is 26.6 Å². The molecule has 68 valence electrons.